The fourth-order valence-electron chi connectivity index (χ4n) is 5.35. The van der Waals surface area contributed by atoms with E-state index in [1.54, 1.807) is 7.05 Å². The molecule has 2 heterocycles. The van der Waals surface area contributed by atoms with Crippen molar-refractivity contribution < 1.29 is 4.74 Å². The summed E-state index contributed by atoms with van der Waals surface area (Å²) in [6.45, 7) is 17.1. The zero-order valence-corrected chi connectivity index (χ0v) is 27.2. The van der Waals surface area contributed by atoms with Gasteiger partial charge >= 0.3 is 0 Å². The number of hydrogen-bond acceptors (Lipinski definition) is 8. The Morgan fingerprint density at radius 3 is 2.52 bits per heavy atom. The van der Waals surface area contributed by atoms with Crippen molar-refractivity contribution in [1.82, 2.24) is 14.9 Å². The van der Waals surface area contributed by atoms with Crippen LogP contribution in [0.3, 0.4) is 0 Å². The minimum absolute atomic E-state index is 0.116. The fourth-order valence-corrected chi connectivity index (χ4v) is 6.01. The molecule has 8 heteroatoms. The lowest BCUT2D eigenvalue weighted by molar-refractivity contribution is 0.118. The summed E-state index contributed by atoms with van der Waals surface area (Å²) in [6, 6.07) is 17.0. The van der Waals surface area contributed by atoms with Crippen molar-refractivity contribution in [2.45, 2.75) is 72.4 Å². The fraction of sp³-hybridized carbons (Fsp3) is 0.441. The van der Waals surface area contributed by atoms with E-state index in [2.05, 4.69) is 106 Å². The molecular weight excluding hydrogens is 540 g/mol. The van der Waals surface area contributed by atoms with Gasteiger partial charge in [-0.25, -0.2) is 4.98 Å². The maximum atomic E-state index is 6.74. The van der Waals surface area contributed by atoms with Crippen LogP contribution in [0.4, 0.5) is 5.95 Å². The molecule has 3 N–H and O–H groups in total. The first-order chi connectivity index (χ1) is 19.9. The maximum Gasteiger partial charge on any atom is 0.237 e. The van der Waals surface area contributed by atoms with Crippen LogP contribution in [-0.2, 0) is 6.54 Å². The van der Waals surface area contributed by atoms with Crippen molar-refractivity contribution >= 4 is 24.1 Å². The molecule has 1 unspecified atom stereocenters. The monoisotopic (exact) mass is 586 g/mol. The number of nitrogens with two attached hydrogens (primary N) is 1. The second kappa shape index (κ2) is 13.7. The number of aliphatic imine (C=N–C) groups is 1. The van der Waals surface area contributed by atoms with E-state index in [0.717, 1.165) is 40.4 Å². The first kappa shape index (κ1) is 31.6. The smallest absolute Gasteiger partial charge is 0.237 e. The highest BCUT2D eigenvalue weighted by Gasteiger charge is 2.26. The summed E-state index contributed by atoms with van der Waals surface area (Å²) in [7, 11) is 1.80. The summed E-state index contributed by atoms with van der Waals surface area (Å²) < 4.78 is 9.93. The van der Waals surface area contributed by atoms with Gasteiger partial charge in [0.2, 0.25) is 11.8 Å². The Morgan fingerprint density at radius 1 is 1.14 bits per heavy atom. The van der Waals surface area contributed by atoms with Gasteiger partial charge in [-0.15, -0.1) is 0 Å². The molecule has 3 aromatic rings. The Labute approximate surface area is 256 Å². The third-order valence-corrected chi connectivity index (χ3v) is 8.25. The van der Waals surface area contributed by atoms with Crippen LogP contribution in [0.2, 0.25) is 0 Å². The highest BCUT2D eigenvalue weighted by Crippen LogP contribution is 2.31. The van der Waals surface area contributed by atoms with Gasteiger partial charge in [-0.2, -0.15) is 4.98 Å². The minimum atomic E-state index is -0.172. The minimum Gasteiger partial charge on any atom is -0.476 e. The number of ether oxygens (including phenoxy) is 1. The highest BCUT2D eigenvalue weighted by atomic mass is 32.2. The first-order valence-corrected chi connectivity index (χ1v) is 15.5. The van der Waals surface area contributed by atoms with Crippen molar-refractivity contribution in [2.24, 2.45) is 22.1 Å². The van der Waals surface area contributed by atoms with Crippen molar-refractivity contribution in [1.29, 1.82) is 0 Å². The molecule has 4 bridgehead atoms. The van der Waals surface area contributed by atoms with Crippen molar-refractivity contribution in [3.8, 4) is 17.1 Å². The molecule has 0 spiro atoms. The van der Waals surface area contributed by atoms with E-state index in [9.17, 15) is 0 Å². The summed E-state index contributed by atoms with van der Waals surface area (Å²) in [4.78, 5) is 17.6. The topological polar surface area (TPSA) is 88.7 Å². The average molecular weight is 587 g/mol. The SMILES string of the molecule is CN=C/C(CN1Cc2cccc(c2)SNc2nc(cc(-c3c(C)cccc3C)n2)OCC1CC(C)C)=C(\N)C(C)(C)C. The summed E-state index contributed by atoms with van der Waals surface area (Å²) >= 11 is 1.51. The molecule has 224 valence electrons. The molecule has 0 radical (unpaired) electrons. The van der Waals surface area contributed by atoms with Crippen molar-refractivity contribution in [3.63, 3.8) is 0 Å². The van der Waals surface area contributed by atoms with Gasteiger partial charge in [-0.05, 0) is 67.0 Å². The van der Waals surface area contributed by atoms with E-state index in [-0.39, 0.29) is 11.5 Å². The van der Waals surface area contributed by atoms with Gasteiger partial charge < -0.3 is 10.5 Å². The lowest BCUT2D eigenvalue weighted by Crippen LogP contribution is -2.42. The first-order valence-electron chi connectivity index (χ1n) is 14.7. The number of anilines is 1. The number of allylic oxidation sites excluding steroid dienone is 1. The van der Waals surface area contributed by atoms with Crippen LogP contribution in [0.15, 0.2) is 69.7 Å². The lowest BCUT2D eigenvalue weighted by atomic mass is 9.89. The Kier molecular flexibility index (Phi) is 10.3. The summed E-state index contributed by atoms with van der Waals surface area (Å²) in [5.41, 5.74) is 14.0. The molecule has 1 aliphatic rings. The Hall–Kier alpha value is -3.36. The van der Waals surface area contributed by atoms with Crippen LogP contribution in [0.25, 0.3) is 11.3 Å². The van der Waals surface area contributed by atoms with Gasteiger partial charge in [0.25, 0.3) is 0 Å². The van der Waals surface area contributed by atoms with Crippen molar-refractivity contribution in [2.75, 3.05) is 24.9 Å². The van der Waals surface area contributed by atoms with Crippen LogP contribution >= 0.6 is 11.9 Å². The number of fused-ring (bicyclic) bond motifs is 4. The number of aryl methyl sites for hydroxylation is 2. The number of hydrogen-bond donors (Lipinski definition) is 2. The number of nitrogens with one attached hydrogen (secondary N) is 1. The zero-order chi connectivity index (χ0) is 30.4. The predicted octanol–water partition coefficient (Wildman–Crippen LogP) is 7.45. The van der Waals surface area contributed by atoms with Gasteiger partial charge in [0.05, 0.1) is 5.69 Å². The third-order valence-electron chi connectivity index (χ3n) is 7.48. The molecule has 0 amide bonds. The van der Waals surface area contributed by atoms with Gasteiger partial charge in [0, 0.05) is 65.6 Å². The summed E-state index contributed by atoms with van der Waals surface area (Å²) in [5.74, 6) is 1.56. The van der Waals surface area contributed by atoms with E-state index in [0.29, 0.717) is 30.9 Å². The Bertz CT molecular complexity index is 1420. The van der Waals surface area contributed by atoms with Crippen molar-refractivity contribution in [3.05, 3.63) is 76.5 Å². The normalized spacial score (nSPS) is 17.1. The highest BCUT2D eigenvalue weighted by molar-refractivity contribution is 8.00. The molecule has 7 nitrogen and oxygen atoms in total. The lowest BCUT2D eigenvalue weighted by Gasteiger charge is -2.34. The van der Waals surface area contributed by atoms with E-state index in [1.165, 1.54) is 28.6 Å². The molecular formula is C34H46N6OS. The summed E-state index contributed by atoms with van der Waals surface area (Å²) in [6.07, 6.45) is 2.87. The largest absolute Gasteiger partial charge is 0.476 e. The van der Waals surface area contributed by atoms with E-state index in [1.807, 2.05) is 12.3 Å². The molecule has 1 aromatic heterocycles. The van der Waals surface area contributed by atoms with Crippen LogP contribution in [0.5, 0.6) is 5.88 Å². The van der Waals surface area contributed by atoms with Gasteiger partial charge in [-0.3, -0.25) is 14.6 Å². The molecule has 1 atom stereocenters. The van der Waals surface area contributed by atoms with Crippen LogP contribution in [-0.4, -0.2) is 47.3 Å². The van der Waals surface area contributed by atoms with E-state index < -0.39 is 0 Å². The average Bonchev–Trinajstić information content (AvgIpc) is 2.92. The number of benzene rings is 2. The standard InChI is InChI=1S/C34H46N6OS/c1-22(2)15-27-21-41-30-17-29(31-23(3)11-9-12-24(31)4)37-33(38-30)39-42-28-14-10-13-25(16-28)19-40(27)20-26(18-36-8)32(35)34(5,6)7/h9-14,16-18,22,27H,15,19-21,35H2,1-8H3,(H,37,38,39)/b32-26+,36-18?. The number of aromatic nitrogens is 2. The predicted molar refractivity (Wildman–Crippen MR) is 177 cm³/mol. The molecule has 0 aliphatic carbocycles. The second-order valence-corrected chi connectivity index (χ2v) is 13.5. The molecule has 1 aliphatic heterocycles. The second-order valence-electron chi connectivity index (χ2n) is 12.6. The third kappa shape index (κ3) is 8.13. The molecule has 0 fully saturated rings. The molecule has 0 saturated heterocycles. The zero-order valence-electron chi connectivity index (χ0n) is 26.4. The van der Waals surface area contributed by atoms with Gasteiger partial charge in [0.15, 0.2) is 0 Å². The maximum absolute atomic E-state index is 6.74. The van der Waals surface area contributed by atoms with Crippen LogP contribution in [0.1, 0.15) is 57.7 Å². The van der Waals surface area contributed by atoms with Gasteiger partial charge in [0.1, 0.15) is 6.61 Å². The molecule has 4 rings (SSSR count). The van der Waals surface area contributed by atoms with E-state index >= 15 is 0 Å². The van der Waals surface area contributed by atoms with Gasteiger partial charge in [-0.1, -0.05) is 65.0 Å². The summed E-state index contributed by atoms with van der Waals surface area (Å²) in [5, 5.41) is 0. The Morgan fingerprint density at radius 2 is 1.86 bits per heavy atom. The quantitative estimate of drug-likeness (QED) is 0.229. The molecule has 2 aromatic carbocycles. The van der Waals surface area contributed by atoms with Crippen LogP contribution < -0.4 is 15.2 Å². The number of nitrogens with zero attached hydrogens (tertiary/aromatic N) is 4. The van der Waals surface area contributed by atoms with Crippen LogP contribution in [0, 0.1) is 25.2 Å². The Balaban J connectivity index is 1.81. The molecule has 0 saturated carbocycles. The molecule has 42 heavy (non-hydrogen) atoms. The number of rotatable bonds is 6. The van der Waals surface area contributed by atoms with E-state index in [4.69, 9.17) is 20.4 Å².